The first-order valence-corrected chi connectivity index (χ1v) is 8.14. The summed E-state index contributed by atoms with van der Waals surface area (Å²) in [7, 11) is 0. The van der Waals surface area contributed by atoms with Crippen molar-refractivity contribution < 1.29 is 14.3 Å². The van der Waals surface area contributed by atoms with E-state index in [0.29, 0.717) is 18.3 Å². The number of hydrogen-bond donors (Lipinski definition) is 1. The van der Waals surface area contributed by atoms with Crippen molar-refractivity contribution in [2.75, 3.05) is 6.54 Å². The van der Waals surface area contributed by atoms with Crippen LogP contribution in [0.3, 0.4) is 0 Å². The fourth-order valence-electron chi connectivity index (χ4n) is 1.82. The minimum absolute atomic E-state index is 0.0444. The van der Waals surface area contributed by atoms with E-state index >= 15 is 0 Å². The third-order valence-electron chi connectivity index (χ3n) is 3.14. The minimum atomic E-state index is -0.864. The maximum atomic E-state index is 10.9. The molecule has 0 amide bonds. The number of carboxylic acids is 1. The summed E-state index contributed by atoms with van der Waals surface area (Å²) in [6, 6.07) is 3.95. The van der Waals surface area contributed by atoms with Gasteiger partial charge in [-0.2, -0.15) is 0 Å². The SMILES string of the molecule is CCC(C)N(CC(=O)O)Cc1nnc(-c2ccc(Br)s2)o1. The molecule has 0 bridgehead atoms. The van der Waals surface area contributed by atoms with Crippen LogP contribution in [0, 0.1) is 0 Å². The summed E-state index contributed by atoms with van der Waals surface area (Å²) in [6.07, 6.45) is 0.853. The van der Waals surface area contributed by atoms with Crippen molar-refractivity contribution in [2.45, 2.75) is 32.9 Å². The Hall–Kier alpha value is -1.25. The smallest absolute Gasteiger partial charge is 0.317 e. The zero-order chi connectivity index (χ0) is 15.4. The average molecular weight is 374 g/mol. The lowest BCUT2D eigenvalue weighted by Crippen LogP contribution is -2.36. The summed E-state index contributed by atoms with van der Waals surface area (Å²) in [5.74, 6) is 0.0217. The number of nitrogens with zero attached hydrogens (tertiary/aromatic N) is 3. The lowest BCUT2D eigenvalue weighted by molar-refractivity contribution is -0.139. The quantitative estimate of drug-likeness (QED) is 0.802. The normalized spacial score (nSPS) is 12.8. The van der Waals surface area contributed by atoms with Crippen LogP contribution in [0.1, 0.15) is 26.2 Å². The van der Waals surface area contributed by atoms with E-state index in [2.05, 4.69) is 26.1 Å². The van der Waals surface area contributed by atoms with E-state index in [1.54, 1.807) is 0 Å². The zero-order valence-corrected chi connectivity index (χ0v) is 14.1. The van der Waals surface area contributed by atoms with Crippen molar-refractivity contribution in [3.05, 3.63) is 21.8 Å². The van der Waals surface area contributed by atoms with E-state index in [4.69, 9.17) is 9.52 Å². The van der Waals surface area contributed by atoms with Gasteiger partial charge in [-0.05, 0) is 41.4 Å². The first-order chi connectivity index (χ1) is 9.99. The van der Waals surface area contributed by atoms with Gasteiger partial charge in [0, 0.05) is 6.04 Å². The number of thiophene rings is 1. The molecule has 2 heterocycles. The number of carboxylic acid groups (broad SMARTS) is 1. The Morgan fingerprint density at radius 1 is 1.52 bits per heavy atom. The lowest BCUT2D eigenvalue weighted by Gasteiger charge is -2.24. The molecule has 2 aromatic rings. The molecule has 0 radical (unpaired) electrons. The number of aliphatic carboxylic acids is 1. The molecule has 0 aromatic carbocycles. The average Bonchev–Trinajstić information content (AvgIpc) is 3.05. The topological polar surface area (TPSA) is 79.5 Å². The Kier molecular flexibility index (Phi) is 5.49. The molecular formula is C13H16BrN3O3S. The Labute approximate surface area is 134 Å². The summed E-state index contributed by atoms with van der Waals surface area (Å²) in [5.41, 5.74) is 0. The molecule has 8 heteroatoms. The van der Waals surface area contributed by atoms with Gasteiger partial charge in [0.2, 0.25) is 5.89 Å². The monoisotopic (exact) mass is 373 g/mol. The highest BCUT2D eigenvalue weighted by Crippen LogP contribution is 2.30. The fraction of sp³-hybridized carbons (Fsp3) is 0.462. The standard InChI is InChI=1S/C13H16BrN3O3S/c1-3-8(2)17(7-12(18)19)6-11-15-16-13(20-11)9-4-5-10(14)21-9/h4-5,8H,3,6-7H2,1-2H3,(H,18,19). The van der Waals surface area contributed by atoms with E-state index in [-0.39, 0.29) is 12.6 Å². The summed E-state index contributed by atoms with van der Waals surface area (Å²) < 4.78 is 6.61. The number of rotatable bonds is 7. The first kappa shape index (κ1) is 16.1. The van der Waals surface area contributed by atoms with Crippen molar-refractivity contribution in [2.24, 2.45) is 0 Å². The maximum Gasteiger partial charge on any atom is 0.317 e. The predicted molar refractivity (Wildman–Crippen MR) is 83.1 cm³/mol. The summed E-state index contributed by atoms with van der Waals surface area (Å²) in [4.78, 5) is 13.6. The van der Waals surface area contributed by atoms with Gasteiger partial charge in [0.1, 0.15) is 0 Å². The van der Waals surface area contributed by atoms with Crippen molar-refractivity contribution in [1.82, 2.24) is 15.1 Å². The van der Waals surface area contributed by atoms with Crippen LogP contribution >= 0.6 is 27.3 Å². The van der Waals surface area contributed by atoms with Gasteiger partial charge < -0.3 is 9.52 Å². The van der Waals surface area contributed by atoms with Gasteiger partial charge >= 0.3 is 5.97 Å². The molecule has 0 saturated heterocycles. The highest BCUT2D eigenvalue weighted by atomic mass is 79.9. The molecule has 0 saturated carbocycles. The highest BCUT2D eigenvalue weighted by molar-refractivity contribution is 9.11. The third-order valence-corrected chi connectivity index (χ3v) is 4.75. The zero-order valence-electron chi connectivity index (χ0n) is 11.7. The number of aromatic nitrogens is 2. The van der Waals surface area contributed by atoms with Crippen molar-refractivity contribution >= 4 is 33.2 Å². The summed E-state index contributed by atoms with van der Waals surface area (Å²) >= 11 is 4.89. The Morgan fingerprint density at radius 2 is 2.29 bits per heavy atom. The van der Waals surface area contributed by atoms with Crippen LogP contribution in [0.5, 0.6) is 0 Å². The van der Waals surface area contributed by atoms with Crippen molar-refractivity contribution in [1.29, 1.82) is 0 Å². The third kappa shape index (κ3) is 4.36. The molecule has 0 spiro atoms. The molecule has 21 heavy (non-hydrogen) atoms. The van der Waals surface area contributed by atoms with E-state index in [9.17, 15) is 4.79 Å². The molecule has 0 aliphatic carbocycles. The Balaban J connectivity index is 2.10. The van der Waals surface area contributed by atoms with Gasteiger partial charge in [0.15, 0.2) is 0 Å². The second-order valence-corrected chi connectivity index (χ2v) is 7.12. The lowest BCUT2D eigenvalue weighted by atomic mass is 10.2. The molecule has 2 rings (SSSR count). The van der Waals surface area contributed by atoms with Crippen molar-refractivity contribution in [3.63, 3.8) is 0 Å². The van der Waals surface area contributed by atoms with E-state index in [1.165, 1.54) is 11.3 Å². The first-order valence-electron chi connectivity index (χ1n) is 6.53. The van der Waals surface area contributed by atoms with E-state index < -0.39 is 5.97 Å². The molecule has 2 aromatic heterocycles. The summed E-state index contributed by atoms with van der Waals surface area (Å²) in [6.45, 7) is 4.29. The maximum absolute atomic E-state index is 10.9. The van der Waals surface area contributed by atoms with Crippen LogP contribution in [0.15, 0.2) is 20.3 Å². The highest BCUT2D eigenvalue weighted by Gasteiger charge is 2.19. The molecule has 0 aliphatic rings. The van der Waals surface area contributed by atoms with Crippen molar-refractivity contribution in [3.8, 4) is 10.8 Å². The van der Waals surface area contributed by atoms with Gasteiger partial charge in [-0.1, -0.05) is 6.92 Å². The fourth-order valence-corrected chi connectivity index (χ4v) is 3.13. The number of carbonyl (C=O) groups is 1. The Morgan fingerprint density at radius 3 is 2.86 bits per heavy atom. The van der Waals surface area contributed by atoms with Gasteiger partial charge in [-0.3, -0.25) is 9.69 Å². The minimum Gasteiger partial charge on any atom is -0.480 e. The van der Waals surface area contributed by atoms with Crippen LogP contribution in [-0.2, 0) is 11.3 Å². The van der Waals surface area contributed by atoms with Crippen LogP contribution in [0.25, 0.3) is 10.8 Å². The molecule has 0 fully saturated rings. The summed E-state index contributed by atoms with van der Waals surface area (Å²) in [5, 5.41) is 17.0. The predicted octanol–water partition coefficient (Wildman–Crippen LogP) is 3.25. The molecule has 0 aliphatic heterocycles. The largest absolute Gasteiger partial charge is 0.480 e. The van der Waals surface area contributed by atoms with Crippen LogP contribution in [-0.4, -0.2) is 38.8 Å². The second-order valence-electron chi connectivity index (χ2n) is 4.66. The van der Waals surface area contributed by atoms with Crippen LogP contribution < -0.4 is 0 Å². The van der Waals surface area contributed by atoms with Crippen LogP contribution in [0.2, 0.25) is 0 Å². The van der Waals surface area contributed by atoms with Gasteiger partial charge in [-0.25, -0.2) is 0 Å². The molecule has 6 nitrogen and oxygen atoms in total. The molecule has 1 atom stereocenters. The Bertz CT molecular complexity index is 613. The van der Waals surface area contributed by atoms with Gasteiger partial charge in [0.05, 0.1) is 21.8 Å². The number of halogens is 1. The van der Waals surface area contributed by atoms with E-state index in [0.717, 1.165) is 15.1 Å². The molecule has 114 valence electrons. The van der Waals surface area contributed by atoms with Gasteiger partial charge in [-0.15, -0.1) is 21.5 Å². The molecule has 1 N–H and O–H groups in total. The van der Waals surface area contributed by atoms with Crippen LogP contribution in [0.4, 0.5) is 0 Å². The molecule has 1 unspecified atom stereocenters. The second kappa shape index (κ2) is 7.15. The van der Waals surface area contributed by atoms with E-state index in [1.807, 2.05) is 30.9 Å². The van der Waals surface area contributed by atoms with Gasteiger partial charge in [0.25, 0.3) is 5.89 Å². The number of hydrogen-bond acceptors (Lipinski definition) is 6. The molecular weight excluding hydrogens is 358 g/mol.